The van der Waals surface area contributed by atoms with Crippen LogP contribution in [0.15, 0.2) is 24.3 Å². The van der Waals surface area contributed by atoms with Crippen LogP contribution in [0.2, 0.25) is 0 Å². The van der Waals surface area contributed by atoms with Gasteiger partial charge in [-0.3, -0.25) is 0 Å². The molecule has 0 atom stereocenters. The number of hydrogen-bond acceptors (Lipinski definition) is 2. The average Bonchev–Trinajstić information content (AvgIpc) is 2.32. The molecule has 1 fully saturated rings. The van der Waals surface area contributed by atoms with E-state index < -0.39 is 0 Å². The Kier molecular flexibility index (Phi) is 4.65. The molecule has 2 nitrogen and oxygen atoms in total. The Hall–Kier alpha value is -1.02. The fourth-order valence-corrected chi connectivity index (χ4v) is 2.62. The van der Waals surface area contributed by atoms with Crippen molar-refractivity contribution in [2.24, 2.45) is 5.92 Å². The summed E-state index contributed by atoms with van der Waals surface area (Å²) in [4.78, 5) is 0. The highest BCUT2D eigenvalue weighted by Gasteiger charge is 2.31. The zero-order chi connectivity index (χ0) is 13.0. The van der Waals surface area contributed by atoms with E-state index in [-0.39, 0.29) is 0 Å². The van der Waals surface area contributed by atoms with Crippen molar-refractivity contribution in [3.05, 3.63) is 29.8 Å². The number of benzene rings is 1. The van der Waals surface area contributed by atoms with E-state index in [0.717, 1.165) is 18.2 Å². The Morgan fingerprint density at radius 1 is 1.28 bits per heavy atom. The van der Waals surface area contributed by atoms with Crippen molar-refractivity contribution in [3.8, 4) is 5.75 Å². The zero-order valence-corrected chi connectivity index (χ0v) is 11.8. The van der Waals surface area contributed by atoms with Gasteiger partial charge in [0.05, 0.1) is 7.11 Å². The lowest BCUT2D eigenvalue weighted by Crippen LogP contribution is -2.40. The summed E-state index contributed by atoms with van der Waals surface area (Å²) in [5.41, 5.74) is 1.38. The molecule has 1 aliphatic rings. The quantitative estimate of drug-likeness (QED) is 0.829. The van der Waals surface area contributed by atoms with Crippen molar-refractivity contribution in [1.29, 1.82) is 0 Å². The molecule has 0 unspecified atom stereocenters. The van der Waals surface area contributed by atoms with Gasteiger partial charge < -0.3 is 10.1 Å². The van der Waals surface area contributed by atoms with Crippen molar-refractivity contribution in [3.63, 3.8) is 0 Å². The highest BCUT2D eigenvalue weighted by molar-refractivity contribution is 5.37. The lowest BCUT2D eigenvalue weighted by atomic mass is 9.75. The van der Waals surface area contributed by atoms with E-state index in [4.69, 9.17) is 4.74 Å². The summed E-state index contributed by atoms with van der Waals surface area (Å²) < 4.78 is 5.43. The van der Waals surface area contributed by atoms with Gasteiger partial charge in [-0.15, -0.1) is 0 Å². The summed E-state index contributed by atoms with van der Waals surface area (Å²) in [6, 6.07) is 9.12. The van der Waals surface area contributed by atoms with Gasteiger partial charge >= 0.3 is 0 Å². The lowest BCUT2D eigenvalue weighted by molar-refractivity contribution is 0.279. The summed E-state index contributed by atoms with van der Waals surface area (Å²) >= 11 is 0. The van der Waals surface area contributed by atoms with Crippen molar-refractivity contribution in [1.82, 2.24) is 5.32 Å². The standard InChI is InChI=1S/C16H25NO/c1-12(2)8-9-17-14-10-13(11-14)15-6-4-5-7-16(15)18-3/h4-7,12-14,17H,8-11H2,1-3H3. The summed E-state index contributed by atoms with van der Waals surface area (Å²) in [6.45, 7) is 5.71. The van der Waals surface area contributed by atoms with Gasteiger partial charge in [0, 0.05) is 6.04 Å². The van der Waals surface area contributed by atoms with Gasteiger partial charge in [0.25, 0.3) is 0 Å². The highest BCUT2D eigenvalue weighted by atomic mass is 16.5. The van der Waals surface area contributed by atoms with E-state index in [1.807, 2.05) is 6.07 Å². The minimum absolute atomic E-state index is 0.678. The molecule has 0 saturated heterocycles. The third kappa shape index (κ3) is 3.26. The summed E-state index contributed by atoms with van der Waals surface area (Å²) in [5, 5.41) is 3.65. The number of ether oxygens (including phenoxy) is 1. The first kappa shape index (κ1) is 13.4. The van der Waals surface area contributed by atoms with Crippen LogP contribution in [-0.4, -0.2) is 19.7 Å². The molecule has 2 rings (SSSR count). The molecule has 1 N–H and O–H groups in total. The first-order valence-corrected chi connectivity index (χ1v) is 7.07. The van der Waals surface area contributed by atoms with Crippen LogP contribution in [0.1, 0.15) is 44.6 Å². The van der Waals surface area contributed by atoms with Crippen molar-refractivity contribution < 1.29 is 4.74 Å². The Labute approximate surface area is 111 Å². The van der Waals surface area contributed by atoms with Crippen LogP contribution in [0.5, 0.6) is 5.75 Å². The molecule has 1 aromatic carbocycles. The van der Waals surface area contributed by atoms with Gasteiger partial charge in [-0.1, -0.05) is 32.0 Å². The fourth-order valence-electron chi connectivity index (χ4n) is 2.62. The van der Waals surface area contributed by atoms with Crippen LogP contribution in [0.4, 0.5) is 0 Å². The van der Waals surface area contributed by atoms with Gasteiger partial charge in [-0.25, -0.2) is 0 Å². The Morgan fingerprint density at radius 2 is 2.00 bits per heavy atom. The molecular formula is C16H25NO. The molecule has 1 saturated carbocycles. The molecule has 1 aliphatic carbocycles. The van der Waals surface area contributed by atoms with Crippen LogP contribution < -0.4 is 10.1 Å². The van der Waals surface area contributed by atoms with E-state index in [1.54, 1.807) is 7.11 Å². The third-order valence-electron chi connectivity index (χ3n) is 3.87. The molecule has 0 amide bonds. The Balaban J connectivity index is 1.78. The van der Waals surface area contributed by atoms with E-state index in [1.165, 1.54) is 24.8 Å². The minimum atomic E-state index is 0.678. The fraction of sp³-hybridized carbons (Fsp3) is 0.625. The van der Waals surface area contributed by atoms with Crippen LogP contribution in [0.25, 0.3) is 0 Å². The second-order valence-corrected chi connectivity index (χ2v) is 5.74. The molecule has 0 aliphatic heterocycles. The first-order chi connectivity index (χ1) is 8.70. The Bertz CT molecular complexity index is 369. The van der Waals surface area contributed by atoms with E-state index in [0.29, 0.717) is 12.0 Å². The molecule has 0 bridgehead atoms. The second-order valence-electron chi connectivity index (χ2n) is 5.74. The molecular weight excluding hydrogens is 222 g/mol. The van der Waals surface area contributed by atoms with Gasteiger partial charge in [-0.2, -0.15) is 0 Å². The summed E-state index contributed by atoms with van der Waals surface area (Å²) in [5.74, 6) is 2.52. The SMILES string of the molecule is COc1ccccc1C1CC(NCCC(C)C)C1. The maximum absolute atomic E-state index is 5.43. The summed E-state index contributed by atoms with van der Waals surface area (Å²) in [6.07, 6.45) is 3.77. The molecule has 18 heavy (non-hydrogen) atoms. The number of nitrogens with one attached hydrogen (secondary N) is 1. The van der Waals surface area contributed by atoms with Crippen molar-refractivity contribution in [2.75, 3.05) is 13.7 Å². The second kappa shape index (κ2) is 6.24. The summed E-state index contributed by atoms with van der Waals surface area (Å²) in [7, 11) is 1.76. The van der Waals surface area contributed by atoms with E-state index in [9.17, 15) is 0 Å². The monoisotopic (exact) mass is 247 g/mol. The molecule has 2 heteroatoms. The van der Waals surface area contributed by atoms with Crippen LogP contribution >= 0.6 is 0 Å². The largest absolute Gasteiger partial charge is 0.496 e. The number of hydrogen-bond donors (Lipinski definition) is 1. The predicted molar refractivity (Wildman–Crippen MR) is 76.2 cm³/mol. The van der Waals surface area contributed by atoms with Gasteiger partial charge in [-0.05, 0) is 49.3 Å². The lowest BCUT2D eigenvalue weighted by Gasteiger charge is -2.37. The van der Waals surface area contributed by atoms with Crippen molar-refractivity contribution >= 4 is 0 Å². The number of para-hydroxylation sites is 1. The first-order valence-electron chi connectivity index (χ1n) is 7.07. The molecule has 0 heterocycles. The highest BCUT2D eigenvalue weighted by Crippen LogP contribution is 2.40. The predicted octanol–water partition coefficient (Wildman–Crippen LogP) is 3.58. The van der Waals surface area contributed by atoms with Crippen LogP contribution in [-0.2, 0) is 0 Å². The molecule has 1 aromatic rings. The number of methoxy groups -OCH3 is 1. The van der Waals surface area contributed by atoms with Gasteiger partial charge in [0.1, 0.15) is 5.75 Å². The molecule has 0 radical (unpaired) electrons. The average molecular weight is 247 g/mol. The smallest absolute Gasteiger partial charge is 0.122 e. The van der Waals surface area contributed by atoms with E-state index in [2.05, 4.69) is 37.4 Å². The maximum atomic E-state index is 5.43. The molecule has 0 aromatic heterocycles. The van der Waals surface area contributed by atoms with Crippen LogP contribution in [0.3, 0.4) is 0 Å². The number of rotatable bonds is 6. The zero-order valence-electron chi connectivity index (χ0n) is 11.8. The molecule has 100 valence electrons. The normalized spacial score (nSPS) is 22.9. The van der Waals surface area contributed by atoms with Gasteiger partial charge in [0.15, 0.2) is 0 Å². The third-order valence-corrected chi connectivity index (χ3v) is 3.87. The van der Waals surface area contributed by atoms with Crippen LogP contribution in [0, 0.1) is 5.92 Å². The maximum Gasteiger partial charge on any atom is 0.122 e. The van der Waals surface area contributed by atoms with Crippen molar-refractivity contribution in [2.45, 2.75) is 45.1 Å². The van der Waals surface area contributed by atoms with E-state index >= 15 is 0 Å². The minimum Gasteiger partial charge on any atom is -0.496 e. The topological polar surface area (TPSA) is 21.3 Å². The molecule has 0 spiro atoms. The Morgan fingerprint density at radius 3 is 2.67 bits per heavy atom. The van der Waals surface area contributed by atoms with Gasteiger partial charge in [0.2, 0.25) is 0 Å².